The molecule has 1 heterocycles. The number of nitrogens with two attached hydrogens (primary N) is 1. The van der Waals surface area contributed by atoms with Crippen molar-refractivity contribution in [3.63, 3.8) is 0 Å². The van der Waals surface area contributed by atoms with Crippen molar-refractivity contribution >= 4 is 22.6 Å². The Labute approximate surface area is 152 Å². The van der Waals surface area contributed by atoms with Crippen molar-refractivity contribution in [1.82, 2.24) is 10.3 Å². The third kappa shape index (κ3) is 4.13. The predicted octanol–water partition coefficient (Wildman–Crippen LogP) is 3.19. The zero-order valence-electron chi connectivity index (χ0n) is 14.8. The van der Waals surface area contributed by atoms with Gasteiger partial charge in [0.25, 0.3) is 0 Å². The van der Waals surface area contributed by atoms with E-state index in [9.17, 15) is 9.90 Å². The number of nitrogens with one attached hydrogen (secondary N) is 2. The zero-order chi connectivity index (χ0) is 18.5. The predicted molar refractivity (Wildman–Crippen MR) is 105 cm³/mol. The van der Waals surface area contributed by atoms with Crippen molar-refractivity contribution in [3.05, 3.63) is 77.0 Å². The average molecular weight is 349 g/mol. The summed E-state index contributed by atoms with van der Waals surface area (Å²) in [7, 11) is 0. The molecule has 0 atom stereocenters. The number of fused-ring (bicyclic) bond motifs is 1. The van der Waals surface area contributed by atoms with Crippen molar-refractivity contribution in [1.29, 1.82) is 0 Å². The maximum Gasteiger partial charge on any atom is 0.245 e. The monoisotopic (exact) mass is 349 g/mol. The van der Waals surface area contributed by atoms with E-state index in [1.165, 1.54) is 22.2 Å². The number of hydrogen-bond acceptors (Lipinski definition) is 3. The second-order valence-corrected chi connectivity index (χ2v) is 6.33. The minimum absolute atomic E-state index is 0.119. The van der Waals surface area contributed by atoms with E-state index in [2.05, 4.69) is 35.4 Å². The van der Waals surface area contributed by atoms with Gasteiger partial charge in [-0.1, -0.05) is 42.5 Å². The SMILES string of the molecule is Cc1[nH]c2ccccc2c1CCNCc1ccc(/C(O)=C/C(N)=O)cc1. The van der Waals surface area contributed by atoms with Crippen LogP contribution in [0, 0.1) is 6.92 Å². The van der Waals surface area contributed by atoms with Gasteiger partial charge in [-0.15, -0.1) is 0 Å². The van der Waals surface area contributed by atoms with Crippen LogP contribution in [0.1, 0.15) is 22.4 Å². The molecular formula is C21H23N3O2. The van der Waals surface area contributed by atoms with Gasteiger partial charge in [0.05, 0.1) is 0 Å². The fraction of sp³-hybridized carbons (Fsp3) is 0.190. The average Bonchev–Trinajstić information content (AvgIpc) is 2.94. The molecule has 0 radical (unpaired) electrons. The van der Waals surface area contributed by atoms with Gasteiger partial charge in [0.15, 0.2) is 0 Å². The molecule has 3 aromatic rings. The summed E-state index contributed by atoms with van der Waals surface area (Å²) in [5.74, 6) is -0.785. The Bertz CT molecular complexity index is 940. The van der Waals surface area contributed by atoms with Crippen LogP contribution in [0.25, 0.3) is 16.7 Å². The number of H-pyrrole nitrogens is 1. The first kappa shape index (κ1) is 17.8. The van der Waals surface area contributed by atoms with Crippen molar-refractivity contribution in [2.45, 2.75) is 19.9 Å². The van der Waals surface area contributed by atoms with Gasteiger partial charge in [-0.2, -0.15) is 0 Å². The molecule has 0 saturated heterocycles. The van der Waals surface area contributed by atoms with E-state index in [1.54, 1.807) is 12.1 Å². The molecule has 0 saturated carbocycles. The number of aliphatic hydroxyl groups is 1. The van der Waals surface area contributed by atoms with E-state index < -0.39 is 5.91 Å². The van der Waals surface area contributed by atoms with E-state index in [0.29, 0.717) is 5.56 Å². The molecule has 5 heteroatoms. The number of aryl methyl sites for hydroxylation is 1. The molecule has 0 aliphatic rings. The van der Waals surface area contributed by atoms with Gasteiger partial charge >= 0.3 is 0 Å². The lowest BCUT2D eigenvalue weighted by molar-refractivity contribution is -0.113. The number of benzene rings is 2. The summed E-state index contributed by atoms with van der Waals surface area (Å²) in [6.07, 6.45) is 1.97. The molecule has 0 fully saturated rings. The molecule has 26 heavy (non-hydrogen) atoms. The molecule has 2 aromatic carbocycles. The lowest BCUT2D eigenvalue weighted by Gasteiger charge is -2.07. The van der Waals surface area contributed by atoms with Crippen LogP contribution in [0.15, 0.2) is 54.6 Å². The molecule has 5 nitrogen and oxygen atoms in total. The third-order valence-corrected chi connectivity index (χ3v) is 4.44. The Morgan fingerprint density at radius 2 is 1.92 bits per heavy atom. The van der Waals surface area contributed by atoms with Crippen molar-refractivity contribution in [2.75, 3.05) is 6.54 Å². The topological polar surface area (TPSA) is 91.1 Å². The summed E-state index contributed by atoms with van der Waals surface area (Å²) < 4.78 is 0. The fourth-order valence-corrected chi connectivity index (χ4v) is 3.11. The molecule has 0 aliphatic heterocycles. The van der Waals surface area contributed by atoms with Gasteiger partial charge < -0.3 is 21.1 Å². The number of primary amides is 1. The number of aromatic nitrogens is 1. The molecule has 0 unspecified atom stereocenters. The van der Waals surface area contributed by atoms with Gasteiger partial charge in [0.1, 0.15) is 5.76 Å². The zero-order valence-corrected chi connectivity index (χ0v) is 14.8. The van der Waals surface area contributed by atoms with Crippen molar-refractivity contribution < 1.29 is 9.90 Å². The van der Waals surface area contributed by atoms with E-state index >= 15 is 0 Å². The van der Waals surface area contributed by atoms with Gasteiger partial charge in [0.2, 0.25) is 5.91 Å². The largest absolute Gasteiger partial charge is 0.507 e. The highest BCUT2D eigenvalue weighted by atomic mass is 16.3. The van der Waals surface area contributed by atoms with Crippen LogP contribution in [-0.2, 0) is 17.8 Å². The van der Waals surface area contributed by atoms with Crippen molar-refractivity contribution in [3.8, 4) is 0 Å². The summed E-state index contributed by atoms with van der Waals surface area (Å²) in [6, 6.07) is 15.7. The third-order valence-electron chi connectivity index (χ3n) is 4.44. The van der Waals surface area contributed by atoms with Crippen LogP contribution >= 0.6 is 0 Å². The van der Waals surface area contributed by atoms with Gasteiger partial charge in [-0.25, -0.2) is 0 Å². The number of carbonyl (C=O) groups is 1. The highest BCUT2D eigenvalue weighted by molar-refractivity contribution is 5.92. The number of para-hydroxylation sites is 1. The normalized spacial score (nSPS) is 11.8. The Kier molecular flexibility index (Phi) is 5.39. The van der Waals surface area contributed by atoms with E-state index in [-0.39, 0.29) is 5.76 Å². The van der Waals surface area contributed by atoms with Crippen LogP contribution in [0.2, 0.25) is 0 Å². The molecule has 134 valence electrons. The van der Waals surface area contributed by atoms with Crippen LogP contribution in [0.5, 0.6) is 0 Å². The molecule has 3 rings (SSSR count). The molecular weight excluding hydrogens is 326 g/mol. The Morgan fingerprint density at radius 1 is 1.19 bits per heavy atom. The van der Waals surface area contributed by atoms with Gasteiger partial charge in [-0.05, 0) is 37.1 Å². The molecule has 0 aliphatic carbocycles. The summed E-state index contributed by atoms with van der Waals surface area (Å²) in [5, 5.41) is 14.5. The highest BCUT2D eigenvalue weighted by Crippen LogP contribution is 2.22. The summed E-state index contributed by atoms with van der Waals surface area (Å²) in [6.45, 7) is 3.72. The second-order valence-electron chi connectivity index (χ2n) is 6.33. The summed E-state index contributed by atoms with van der Waals surface area (Å²) in [5.41, 5.74) is 10.5. The quantitative estimate of drug-likeness (QED) is 0.300. The number of hydrogen-bond donors (Lipinski definition) is 4. The smallest absolute Gasteiger partial charge is 0.245 e. The highest BCUT2D eigenvalue weighted by Gasteiger charge is 2.07. The lowest BCUT2D eigenvalue weighted by Crippen LogP contribution is -2.16. The van der Waals surface area contributed by atoms with Crippen molar-refractivity contribution in [2.24, 2.45) is 5.73 Å². The van der Waals surface area contributed by atoms with Crippen LogP contribution in [0.3, 0.4) is 0 Å². The molecule has 1 amide bonds. The van der Waals surface area contributed by atoms with Crippen LogP contribution in [-0.4, -0.2) is 22.5 Å². The van der Waals surface area contributed by atoms with Crippen LogP contribution in [0.4, 0.5) is 0 Å². The molecule has 1 aromatic heterocycles. The van der Waals surface area contributed by atoms with E-state index in [0.717, 1.165) is 31.1 Å². The number of aromatic amines is 1. The summed E-state index contributed by atoms with van der Waals surface area (Å²) in [4.78, 5) is 14.2. The molecule has 5 N–H and O–H groups in total. The number of aliphatic hydroxyl groups excluding tert-OH is 1. The van der Waals surface area contributed by atoms with Gasteiger partial charge in [-0.3, -0.25) is 4.79 Å². The number of amides is 1. The first-order valence-corrected chi connectivity index (χ1v) is 8.61. The minimum atomic E-state index is -0.666. The Balaban J connectivity index is 1.55. The number of carbonyl (C=O) groups excluding carboxylic acids is 1. The maximum atomic E-state index is 10.8. The van der Waals surface area contributed by atoms with E-state index in [1.807, 2.05) is 18.2 Å². The fourth-order valence-electron chi connectivity index (χ4n) is 3.11. The van der Waals surface area contributed by atoms with E-state index in [4.69, 9.17) is 5.73 Å². The molecule has 0 spiro atoms. The van der Waals surface area contributed by atoms with Gasteiger partial charge in [0, 0.05) is 34.8 Å². The minimum Gasteiger partial charge on any atom is -0.507 e. The first-order valence-electron chi connectivity index (χ1n) is 8.61. The standard InChI is InChI=1S/C21H23N3O2/c1-14-17(18-4-2-3-5-19(18)24-14)10-11-23-13-15-6-8-16(9-7-15)20(25)12-21(22)26/h2-9,12,23-25H,10-11,13H2,1H3,(H2,22,26)/b20-12-. The lowest BCUT2D eigenvalue weighted by atomic mass is 10.1. The second kappa shape index (κ2) is 7.89. The maximum absolute atomic E-state index is 10.8. The molecule has 0 bridgehead atoms. The Hall–Kier alpha value is -3.05. The number of rotatable bonds is 7. The summed E-state index contributed by atoms with van der Waals surface area (Å²) >= 11 is 0. The van der Waals surface area contributed by atoms with Crippen LogP contribution < -0.4 is 11.1 Å². The first-order chi connectivity index (χ1) is 12.5. The Morgan fingerprint density at radius 3 is 2.65 bits per heavy atom.